The van der Waals surface area contributed by atoms with E-state index >= 15 is 0 Å². The molecule has 4 aromatic rings. The normalized spacial score (nSPS) is 10.2. The summed E-state index contributed by atoms with van der Waals surface area (Å²) in [6.07, 6.45) is 0. The van der Waals surface area contributed by atoms with E-state index in [4.69, 9.17) is 18.3 Å². The van der Waals surface area contributed by atoms with Crippen LogP contribution in [-0.4, -0.2) is 18.7 Å². The van der Waals surface area contributed by atoms with Crippen LogP contribution in [0, 0.1) is 0 Å². The second-order valence-electron chi connectivity index (χ2n) is 6.19. The largest absolute Gasteiger partial charge is 1.00 e. The molecule has 0 amide bonds. The summed E-state index contributed by atoms with van der Waals surface area (Å²) in [5, 5.41) is 21.9. The van der Waals surface area contributed by atoms with Crippen LogP contribution in [0.15, 0.2) is 67.0 Å². The number of carboxylic acid groups (broad SMARTS) is 2. The summed E-state index contributed by atoms with van der Waals surface area (Å²) in [5.74, 6) is -4.39. The molecule has 2 heterocycles. The van der Waals surface area contributed by atoms with Gasteiger partial charge in [0.05, 0.1) is 0 Å². The van der Waals surface area contributed by atoms with Crippen molar-refractivity contribution in [3.63, 3.8) is 0 Å². The number of carbonyl (C=O) groups is 2. The maximum absolute atomic E-state index is 12.3. The molecule has 0 aliphatic carbocycles. The smallest absolute Gasteiger partial charge is 0.542 e. The van der Waals surface area contributed by atoms with Gasteiger partial charge in [0, 0.05) is 12.1 Å². The van der Waals surface area contributed by atoms with Crippen LogP contribution >= 0.6 is 0 Å². The van der Waals surface area contributed by atoms with Gasteiger partial charge < -0.3 is 38.1 Å². The van der Waals surface area contributed by atoms with Crippen molar-refractivity contribution in [1.29, 1.82) is 0 Å². The van der Waals surface area contributed by atoms with E-state index in [2.05, 4.69) is 0 Å². The molecule has 2 aromatic carbocycles. The molecule has 4 rings (SSSR count). The molecule has 0 saturated carbocycles. The summed E-state index contributed by atoms with van der Waals surface area (Å²) < 4.78 is 21.2. The Hall–Kier alpha value is -2.60. The topological polar surface area (TPSA) is 159 Å². The molecule has 0 atom stereocenters. The van der Waals surface area contributed by atoms with Crippen molar-refractivity contribution in [3.05, 3.63) is 80.5 Å². The first-order chi connectivity index (χ1) is 14.8. The maximum atomic E-state index is 12.3. The predicted molar refractivity (Wildman–Crippen MR) is 99.8 cm³/mol. The van der Waals surface area contributed by atoms with Crippen LogP contribution < -0.4 is 89.7 Å². The van der Waals surface area contributed by atoms with Crippen molar-refractivity contribution in [2.75, 3.05) is 6.79 Å². The van der Waals surface area contributed by atoms with E-state index < -0.39 is 41.1 Å². The Bertz CT molecular complexity index is 1360. The first-order valence-electron chi connectivity index (χ1n) is 8.67. The Morgan fingerprint density at radius 1 is 0.727 bits per heavy atom. The van der Waals surface area contributed by atoms with Crippen LogP contribution in [0.3, 0.4) is 0 Å². The third kappa shape index (κ3) is 5.49. The molecule has 12 heteroatoms. The Labute approximate surface area is 228 Å². The number of hydrogen-bond donors (Lipinski definition) is 0. The third-order valence-corrected chi connectivity index (χ3v) is 4.26. The molecule has 0 saturated heterocycles. The molecule has 0 fully saturated rings. The fraction of sp³-hybridized carbons (Fsp3) is 0.0476. The minimum atomic E-state index is -1.63. The number of rotatable bonds is 6. The van der Waals surface area contributed by atoms with Crippen LogP contribution in [0.4, 0.5) is 0 Å². The van der Waals surface area contributed by atoms with Crippen LogP contribution in [-0.2, 0) is 0 Å². The van der Waals surface area contributed by atoms with Gasteiger partial charge in [-0.2, -0.15) is 0 Å². The molecule has 2 aromatic heterocycles. The van der Waals surface area contributed by atoms with Gasteiger partial charge in [-0.1, -0.05) is 12.1 Å². The Kier molecular flexibility index (Phi) is 8.89. The second-order valence-corrected chi connectivity index (χ2v) is 6.19. The van der Waals surface area contributed by atoms with Gasteiger partial charge in [0.15, 0.2) is 22.4 Å². The van der Waals surface area contributed by atoms with Crippen molar-refractivity contribution >= 4 is 33.9 Å². The number of aromatic carboxylic acids is 2. The van der Waals surface area contributed by atoms with Crippen LogP contribution in [0.2, 0.25) is 0 Å². The van der Waals surface area contributed by atoms with Crippen LogP contribution in [0.25, 0.3) is 21.9 Å². The van der Waals surface area contributed by atoms with Gasteiger partial charge in [-0.15, -0.1) is 0 Å². The van der Waals surface area contributed by atoms with E-state index in [0.29, 0.717) is 0 Å². The van der Waals surface area contributed by atoms with Gasteiger partial charge in [0.1, 0.15) is 45.4 Å². The average molecular weight is 468 g/mol. The Morgan fingerprint density at radius 2 is 1.12 bits per heavy atom. The molecule has 156 valence electrons. The van der Waals surface area contributed by atoms with E-state index in [1.807, 2.05) is 0 Å². The summed E-state index contributed by atoms with van der Waals surface area (Å²) >= 11 is 0. The zero-order chi connectivity index (χ0) is 22.1. The van der Waals surface area contributed by atoms with Gasteiger partial charge in [-0.05, 0) is 24.3 Å². The van der Waals surface area contributed by atoms with E-state index in [9.17, 15) is 29.4 Å². The van der Waals surface area contributed by atoms with Crippen molar-refractivity contribution in [1.82, 2.24) is 0 Å². The van der Waals surface area contributed by atoms with E-state index in [-0.39, 0.29) is 92.6 Å². The molecular formula is C21H10Na2O10. The molecule has 0 N–H and O–H groups in total. The Balaban J connectivity index is 0.00000193. The zero-order valence-electron chi connectivity index (χ0n) is 17.4. The third-order valence-electron chi connectivity index (χ3n) is 4.26. The molecule has 33 heavy (non-hydrogen) atoms. The molecule has 0 aliphatic heterocycles. The van der Waals surface area contributed by atoms with Crippen molar-refractivity contribution in [3.8, 4) is 11.5 Å². The molecule has 0 spiro atoms. The van der Waals surface area contributed by atoms with E-state index in [0.717, 1.165) is 12.1 Å². The molecule has 0 bridgehead atoms. The number of hydrogen-bond acceptors (Lipinski definition) is 10. The minimum Gasteiger partial charge on any atom is -0.542 e. The van der Waals surface area contributed by atoms with Gasteiger partial charge in [-0.3, -0.25) is 9.59 Å². The second kappa shape index (κ2) is 11.0. The quantitative estimate of drug-likeness (QED) is 0.197. The Morgan fingerprint density at radius 3 is 1.48 bits per heavy atom. The van der Waals surface area contributed by atoms with Gasteiger partial charge in [0.25, 0.3) is 0 Å². The fourth-order valence-corrected chi connectivity index (χ4v) is 2.95. The summed E-state index contributed by atoms with van der Waals surface area (Å²) in [6.45, 7) is -0.443. The zero-order valence-corrected chi connectivity index (χ0v) is 21.4. The van der Waals surface area contributed by atoms with Crippen molar-refractivity contribution in [2.45, 2.75) is 0 Å². The molecule has 0 unspecified atom stereocenters. The predicted octanol–water partition coefficient (Wildman–Crippen LogP) is -5.95. The maximum Gasteiger partial charge on any atom is 1.00 e. The van der Waals surface area contributed by atoms with Gasteiger partial charge >= 0.3 is 59.1 Å². The fourth-order valence-electron chi connectivity index (χ4n) is 2.95. The monoisotopic (exact) mass is 468 g/mol. The average Bonchev–Trinajstić information content (AvgIpc) is 2.73. The first kappa shape index (κ1) is 26.7. The number of carboxylic acids is 2. The van der Waals surface area contributed by atoms with E-state index in [1.165, 1.54) is 36.4 Å². The number of fused-ring (bicyclic) bond motifs is 2. The van der Waals surface area contributed by atoms with Gasteiger partial charge in [0.2, 0.25) is 6.79 Å². The molecule has 0 radical (unpaired) electrons. The summed E-state index contributed by atoms with van der Waals surface area (Å²) in [7, 11) is 0. The number of ether oxygens (including phenoxy) is 2. The standard InChI is InChI=1S/C21H12O10.2Na/c22-10-7-16(20(24)25)30-14-5-1-3-12(18(10)14)28-9-29-13-4-2-6-15-19(13)11(23)8-17(31-15)21(26)27;;/h1-8H,9H2,(H,24,25)(H,26,27);;/q;2*+1/p-2. The minimum absolute atomic E-state index is 0. The van der Waals surface area contributed by atoms with Crippen LogP contribution in [0.5, 0.6) is 11.5 Å². The summed E-state index contributed by atoms with van der Waals surface area (Å²) in [4.78, 5) is 46.5. The first-order valence-corrected chi connectivity index (χ1v) is 8.67. The molecular weight excluding hydrogens is 458 g/mol. The summed E-state index contributed by atoms with van der Waals surface area (Å²) in [5.41, 5.74) is -1.36. The summed E-state index contributed by atoms with van der Waals surface area (Å²) in [6, 6.07) is 10.2. The SMILES string of the molecule is O=C([O-])c1cc(=O)c2c(OCOc3cccc4oc(C(=O)[O-])cc(=O)c34)cccc2o1.[Na+].[Na+]. The molecule has 0 aliphatic rings. The van der Waals surface area contributed by atoms with Gasteiger partial charge in [-0.25, -0.2) is 0 Å². The number of benzene rings is 2. The molecule has 10 nitrogen and oxygen atoms in total. The van der Waals surface area contributed by atoms with Crippen molar-refractivity contribution < 1.29 is 97.2 Å². The van der Waals surface area contributed by atoms with Crippen molar-refractivity contribution in [2.24, 2.45) is 0 Å². The number of carbonyl (C=O) groups excluding carboxylic acids is 2. The van der Waals surface area contributed by atoms with E-state index in [1.54, 1.807) is 0 Å². The van der Waals surface area contributed by atoms with Crippen LogP contribution in [0.1, 0.15) is 21.1 Å².